The van der Waals surface area contributed by atoms with Crippen molar-refractivity contribution in [1.82, 2.24) is 9.80 Å². The van der Waals surface area contributed by atoms with E-state index in [1.54, 1.807) is 36.4 Å². The maximum absolute atomic E-state index is 12.8. The smallest absolute Gasteiger partial charge is 0.231 e. The molecule has 1 saturated heterocycles. The highest BCUT2D eigenvalue weighted by molar-refractivity contribution is 6.35. The first kappa shape index (κ1) is 19.3. The number of piperazine rings is 1. The minimum absolute atomic E-state index is 0.135. The highest BCUT2D eigenvalue weighted by Crippen LogP contribution is 2.40. The monoisotopic (exact) mass is 418 g/mol. The lowest BCUT2D eigenvalue weighted by Crippen LogP contribution is -2.43. The van der Waals surface area contributed by atoms with E-state index in [9.17, 15) is 9.90 Å². The standard InChI is InChI=1S/C21H20Cl2N2O3/c1-24-6-8-25(9-7-24)12-16-18(26)5-4-15-20(27)19(28-21(15)16)10-13-2-3-14(22)11-17(13)23/h2-5,10-11,26H,6-9,12H2,1H3/b19-10-. The Morgan fingerprint density at radius 2 is 1.89 bits per heavy atom. The molecule has 0 aromatic heterocycles. The van der Waals surface area contributed by atoms with Gasteiger partial charge in [0.2, 0.25) is 5.78 Å². The molecule has 0 amide bonds. The lowest BCUT2D eigenvalue weighted by molar-refractivity contribution is 0.101. The Labute approximate surface area is 173 Å². The number of rotatable bonds is 3. The number of aromatic hydroxyl groups is 1. The molecule has 0 unspecified atom stereocenters. The third-order valence-electron chi connectivity index (χ3n) is 5.14. The summed E-state index contributed by atoms with van der Waals surface area (Å²) in [5.41, 5.74) is 1.74. The summed E-state index contributed by atoms with van der Waals surface area (Å²) in [5, 5.41) is 11.4. The molecule has 0 radical (unpaired) electrons. The largest absolute Gasteiger partial charge is 0.507 e. The molecule has 5 nitrogen and oxygen atoms in total. The van der Waals surface area contributed by atoms with Gasteiger partial charge in [-0.25, -0.2) is 0 Å². The molecule has 1 N–H and O–H groups in total. The van der Waals surface area contributed by atoms with Crippen molar-refractivity contribution in [2.45, 2.75) is 6.54 Å². The number of hydrogen-bond donors (Lipinski definition) is 1. The predicted molar refractivity (Wildman–Crippen MR) is 110 cm³/mol. The van der Waals surface area contributed by atoms with Gasteiger partial charge in [-0.05, 0) is 43.0 Å². The molecule has 2 aromatic rings. The van der Waals surface area contributed by atoms with Gasteiger partial charge >= 0.3 is 0 Å². The molecule has 2 aliphatic rings. The number of ether oxygens (including phenoxy) is 1. The third-order valence-corrected chi connectivity index (χ3v) is 5.71. The number of benzene rings is 2. The minimum Gasteiger partial charge on any atom is -0.507 e. The highest BCUT2D eigenvalue weighted by Gasteiger charge is 2.32. The van der Waals surface area contributed by atoms with Gasteiger partial charge in [-0.3, -0.25) is 9.69 Å². The minimum atomic E-state index is -0.222. The van der Waals surface area contributed by atoms with E-state index in [1.807, 2.05) is 0 Å². The fourth-order valence-corrected chi connectivity index (χ4v) is 3.90. The van der Waals surface area contributed by atoms with Gasteiger partial charge in [0.1, 0.15) is 11.5 Å². The van der Waals surface area contributed by atoms with Crippen molar-refractivity contribution in [2.24, 2.45) is 0 Å². The first-order chi connectivity index (χ1) is 13.4. The zero-order chi connectivity index (χ0) is 19.8. The number of fused-ring (bicyclic) bond motifs is 1. The fourth-order valence-electron chi connectivity index (χ4n) is 3.44. The van der Waals surface area contributed by atoms with Crippen LogP contribution in [0.5, 0.6) is 11.5 Å². The number of Topliss-reactive ketones (excluding diaryl/α,β-unsaturated/α-hetero) is 1. The number of allylic oxidation sites excluding steroid dienone is 1. The van der Waals surface area contributed by atoms with E-state index in [4.69, 9.17) is 27.9 Å². The second-order valence-corrected chi connectivity index (χ2v) is 7.97. The second kappa shape index (κ2) is 7.76. The SMILES string of the molecule is CN1CCN(Cc2c(O)ccc3c2O/C(=C\c2ccc(Cl)cc2Cl)C3=O)CC1. The molecule has 4 rings (SSSR count). The summed E-state index contributed by atoms with van der Waals surface area (Å²) in [4.78, 5) is 17.3. The Morgan fingerprint density at radius 3 is 2.61 bits per heavy atom. The number of phenols is 1. The summed E-state index contributed by atoms with van der Waals surface area (Å²) < 4.78 is 5.91. The van der Waals surface area contributed by atoms with Crippen LogP contribution in [0.3, 0.4) is 0 Å². The number of halogens is 2. The van der Waals surface area contributed by atoms with Gasteiger partial charge in [0.25, 0.3) is 0 Å². The summed E-state index contributed by atoms with van der Waals surface area (Å²) in [6.45, 7) is 4.27. The summed E-state index contributed by atoms with van der Waals surface area (Å²) in [6, 6.07) is 8.22. The Hall–Kier alpha value is -2.05. The van der Waals surface area contributed by atoms with Crippen LogP contribution in [0.4, 0.5) is 0 Å². The van der Waals surface area contributed by atoms with Gasteiger partial charge in [0.05, 0.1) is 11.1 Å². The van der Waals surface area contributed by atoms with Crippen LogP contribution in [0.25, 0.3) is 6.08 Å². The summed E-state index contributed by atoms with van der Waals surface area (Å²) in [5.74, 6) is 0.529. The van der Waals surface area contributed by atoms with E-state index >= 15 is 0 Å². The van der Waals surface area contributed by atoms with E-state index in [0.717, 1.165) is 26.2 Å². The normalized spacial score (nSPS) is 19.1. The average molecular weight is 419 g/mol. The van der Waals surface area contributed by atoms with Crippen LogP contribution < -0.4 is 4.74 Å². The van der Waals surface area contributed by atoms with Crippen LogP contribution in [0.1, 0.15) is 21.5 Å². The first-order valence-corrected chi connectivity index (χ1v) is 9.83. The van der Waals surface area contributed by atoms with Crippen LogP contribution in [-0.4, -0.2) is 53.9 Å². The van der Waals surface area contributed by atoms with Crippen molar-refractivity contribution < 1.29 is 14.6 Å². The first-order valence-electron chi connectivity index (χ1n) is 9.07. The molecule has 0 saturated carbocycles. The second-order valence-electron chi connectivity index (χ2n) is 7.12. The molecular formula is C21H20Cl2N2O3. The lowest BCUT2D eigenvalue weighted by Gasteiger charge is -2.32. The number of hydrogen-bond acceptors (Lipinski definition) is 5. The Kier molecular flexibility index (Phi) is 5.34. The van der Waals surface area contributed by atoms with Gasteiger partial charge < -0.3 is 14.7 Å². The van der Waals surface area contributed by atoms with Crippen molar-refractivity contribution in [3.05, 3.63) is 62.8 Å². The molecule has 2 aliphatic heterocycles. The van der Waals surface area contributed by atoms with E-state index in [-0.39, 0.29) is 17.3 Å². The van der Waals surface area contributed by atoms with Gasteiger partial charge in [-0.1, -0.05) is 29.3 Å². The number of nitrogens with zero attached hydrogens (tertiary/aromatic N) is 2. The van der Waals surface area contributed by atoms with Gasteiger partial charge in [0, 0.05) is 42.8 Å². The van der Waals surface area contributed by atoms with Crippen LogP contribution in [0.15, 0.2) is 36.1 Å². The van der Waals surface area contributed by atoms with Crippen molar-refractivity contribution >= 4 is 35.1 Å². The lowest BCUT2D eigenvalue weighted by atomic mass is 10.0. The topological polar surface area (TPSA) is 53.0 Å². The Bertz CT molecular complexity index is 966. The molecule has 0 bridgehead atoms. The molecule has 2 aromatic carbocycles. The van der Waals surface area contributed by atoms with E-state index in [0.29, 0.717) is 39.0 Å². The Morgan fingerprint density at radius 1 is 1.14 bits per heavy atom. The van der Waals surface area contributed by atoms with Crippen molar-refractivity contribution in [3.63, 3.8) is 0 Å². The van der Waals surface area contributed by atoms with Crippen molar-refractivity contribution in [3.8, 4) is 11.5 Å². The number of ketones is 1. The summed E-state index contributed by atoms with van der Waals surface area (Å²) in [7, 11) is 2.09. The van der Waals surface area contributed by atoms with Crippen molar-refractivity contribution in [2.75, 3.05) is 33.2 Å². The van der Waals surface area contributed by atoms with Crippen LogP contribution in [0.2, 0.25) is 10.0 Å². The number of phenolic OH excluding ortho intramolecular Hbond substituents is 1. The van der Waals surface area contributed by atoms with Gasteiger partial charge in [-0.2, -0.15) is 0 Å². The molecule has 146 valence electrons. The zero-order valence-corrected chi connectivity index (χ0v) is 16.9. The molecule has 7 heteroatoms. The number of likely N-dealkylation sites (N-methyl/N-ethyl adjacent to an activating group) is 1. The van der Waals surface area contributed by atoms with Crippen molar-refractivity contribution in [1.29, 1.82) is 0 Å². The third kappa shape index (κ3) is 3.76. The maximum atomic E-state index is 12.8. The summed E-state index contributed by atoms with van der Waals surface area (Å²) in [6.07, 6.45) is 1.61. The van der Waals surface area contributed by atoms with E-state index in [1.165, 1.54) is 0 Å². The molecule has 1 fully saturated rings. The molecular weight excluding hydrogens is 399 g/mol. The molecule has 2 heterocycles. The predicted octanol–water partition coefficient (Wildman–Crippen LogP) is 4.06. The number of carbonyl (C=O) groups excluding carboxylic acids is 1. The van der Waals surface area contributed by atoms with Gasteiger partial charge in [0.15, 0.2) is 5.76 Å². The van der Waals surface area contributed by atoms with Crippen LogP contribution in [-0.2, 0) is 6.54 Å². The Balaban J connectivity index is 1.64. The maximum Gasteiger partial charge on any atom is 0.231 e. The van der Waals surface area contributed by atoms with Crippen LogP contribution >= 0.6 is 23.2 Å². The van der Waals surface area contributed by atoms with E-state index in [2.05, 4.69) is 16.8 Å². The zero-order valence-electron chi connectivity index (χ0n) is 15.4. The van der Waals surface area contributed by atoms with E-state index < -0.39 is 0 Å². The summed E-state index contributed by atoms with van der Waals surface area (Å²) >= 11 is 12.2. The van der Waals surface area contributed by atoms with Crippen LogP contribution in [0, 0.1) is 0 Å². The molecule has 0 spiro atoms. The molecule has 28 heavy (non-hydrogen) atoms. The number of carbonyl (C=O) groups is 1. The fraction of sp³-hybridized carbons (Fsp3) is 0.286. The molecule has 0 aliphatic carbocycles. The van der Waals surface area contributed by atoms with Gasteiger partial charge in [-0.15, -0.1) is 0 Å². The quantitative estimate of drug-likeness (QED) is 0.761. The molecule has 0 atom stereocenters. The highest BCUT2D eigenvalue weighted by atomic mass is 35.5. The average Bonchev–Trinajstić information content (AvgIpc) is 2.97.